The first-order valence-electron chi connectivity index (χ1n) is 43.4. The van der Waals surface area contributed by atoms with E-state index in [-0.39, 0.29) is 41.8 Å². The molecule has 2 aliphatic rings. The molecule has 16 aromatic carbocycles. The summed E-state index contributed by atoms with van der Waals surface area (Å²) in [6.45, 7) is 32.1. The molecule has 1 radical (unpaired) electrons. The van der Waals surface area contributed by atoms with E-state index in [0.717, 1.165) is 145 Å². The Balaban J connectivity index is 0.000000424. The van der Waals surface area contributed by atoms with Crippen molar-refractivity contribution in [1.82, 2.24) is 19.5 Å². The van der Waals surface area contributed by atoms with Crippen LogP contribution in [0.4, 0.5) is 45.5 Å². The van der Waals surface area contributed by atoms with Gasteiger partial charge in [0.2, 0.25) is 0 Å². The molecule has 8 nitrogen and oxygen atoms in total. The zero-order valence-electron chi connectivity index (χ0n) is 73.4. The quantitative estimate of drug-likeness (QED) is 0.101. The molecule has 0 aliphatic carbocycles. The molecule has 621 valence electrons. The number of nitrogens with zero attached hydrogens (tertiary/aromatic N) is 8. The van der Waals surface area contributed by atoms with Crippen LogP contribution in [0.3, 0.4) is 0 Å². The fourth-order valence-corrected chi connectivity index (χ4v) is 17.6. The molecule has 2 aromatic heterocycles. The van der Waals surface area contributed by atoms with Gasteiger partial charge < -0.3 is 24.2 Å². The van der Waals surface area contributed by atoms with E-state index in [1.54, 1.807) is 0 Å². The minimum atomic E-state index is -0.0975. The van der Waals surface area contributed by atoms with Crippen molar-refractivity contribution in [3.63, 3.8) is 0 Å². The van der Waals surface area contributed by atoms with Crippen LogP contribution in [-0.2, 0) is 41.8 Å². The molecule has 18 aromatic rings. The third kappa shape index (κ3) is 16.3. The first-order chi connectivity index (χ1) is 60.5. The average Bonchev–Trinajstić information content (AvgIpc) is 0.950. The maximum atomic E-state index is 5.21. The number of rotatable bonds is 14. The van der Waals surface area contributed by atoms with Crippen LogP contribution >= 0.6 is 0 Å². The van der Waals surface area contributed by atoms with E-state index in [0.29, 0.717) is 17.5 Å². The normalized spacial score (nSPS) is 12.7. The summed E-state index contributed by atoms with van der Waals surface area (Å²) < 4.78 is 2.42. The Hall–Kier alpha value is -13.8. The van der Waals surface area contributed by atoms with Crippen molar-refractivity contribution in [2.45, 2.75) is 105 Å². The van der Waals surface area contributed by atoms with Crippen molar-refractivity contribution in [3.05, 3.63) is 424 Å². The molecule has 9 heteroatoms. The molecule has 0 amide bonds. The van der Waals surface area contributed by atoms with Gasteiger partial charge >= 0.3 is 0 Å². The van der Waals surface area contributed by atoms with Crippen molar-refractivity contribution < 1.29 is 20.1 Å². The number of hydrogen-bond donors (Lipinski definition) is 0. The van der Waals surface area contributed by atoms with Crippen LogP contribution in [0.2, 0.25) is 0 Å². The minimum absolute atomic E-state index is 0. The van der Waals surface area contributed by atoms with Gasteiger partial charge in [0, 0.05) is 87.4 Å². The monoisotopic (exact) mass is 1810 g/mol. The van der Waals surface area contributed by atoms with E-state index in [1.807, 2.05) is 60.7 Å². The molecule has 0 bridgehead atoms. The van der Waals surface area contributed by atoms with E-state index in [1.165, 1.54) is 33.6 Å². The summed E-state index contributed by atoms with van der Waals surface area (Å²) in [4.78, 5) is 24.5. The zero-order valence-corrected chi connectivity index (χ0v) is 75.8. The summed E-state index contributed by atoms with van der Waals surface area (Å²) in [6.07, 6.45) is 0. The molecule has 0 unspecified atom stereocenters. The van der Waals surface area contributed by atoms with Crippen LogP contribution in [-0.4, -0.2) is 19.5 Å². The molecule has 0 saturated heterocycles. The van der Waals surface area contributed by atoms with Crippen LogP contribution in [0.5, 0.6) is 0 Å². The molecule has 0 N–H and O–H groups in total. The largest absolute Gasteiger partial charge is 0.493 e. The van der Waals surface area contributed by atoms with Crippen LogP contribution in [0.15, 0.2) is 376 Å². The topological polar surface area (TPSA) is 56.6 Å². The van der Waals surface area contributed by atoms with Gasteiger partial charge in [0.15, 0.2) is 17.5 Å². The van der Waals surface area contributed by atoms with Crippen molar-refractivity contribution in [2.75, 3.05) is 19.6 Å². The second-order valence-corrected chi connectivity index (χ2v) is 36.8. The van der Waals surface area contributed by atoms with Crippen molar-refractivity contribution in [2.24, 2.45) is 0 Å². The summed E-state index contributed by atoms with van der Waals surface area (Å²) in [6, 6.07) is 143. The smallest absolute Gasteiger partial charge is 0.164 e. The Morgan fingerprint density at radius 3 is 0.976 bits per heavy atom. The third-order valence-corrected chi connectivity index (χ3v) is 24.3. The Morgan fingerprint density at radius 2 is 0.556 bits per heavy atom. The van der Waals surface area contributed by atoms with E-state index in [9.17, 15) is 0 Å². The first kappa shape index (κ1) is 83.1. The van der Waals surface area contributed by atoms with E-state index >= 15 is 0 Å². The number of para-hydroxylation sites is 8. The fraction of sp³-hybridized carbons (Fsp3) is 0.137. The predicted octanol–water partition coefficient (Wildman–Crippen LogP) is 31.3. The molecular weight excluding hydrogens is 1710 g/mol. The SMILES string of the molecule is CC(C)(C)c1ccc(-c2c(-c3ccc(C(C)(C)C)cc3)c(-c3ccc(C(C)(C)C)cc3)c(-c3ccc4c(c3)c3ccccc3n4-c3cccc(-c4nc(-c5ccccc5)nc(-c5ccccc5)n4)c3)c(-c3cc[c-]c(N4[CH-]N(c5ccccc5)c5ccccc54)c3)c2-c2ccc(C(C)(C)C)cc2)cc1.[Ir].[c-]1ccccc1N1[CH-]N(c2ccccc2)c2ccccc21. The summed E-state index contributed by atoms with van der Waals surface area (Å²) >= 11 is 0. The fourth-order valence-electron chi connectivity index (χ4n) is 17.6. The summed E-state index contributed by atoms with van der Waals surface area (Å²) in [5.74, 6) is 1.84. The van der Waals surface area contributed by atoms with Gasteiger partial charge in [-0.3, -0.25) is 0 Å². The van der Waals surface area contributed by atoms with Gasteiger partial charge in [-0.15, -0.1) is 36.3 Å². The molecule has 126 heavy (non-hydrogen) atoms. The van der Waals surface area contributed by atoms with Crippen LogP contribution in [0.25, 0.3) is 128 Å². The number of aromatic nitrogens is 4. The van der Waals surface area contributed by atoms with Gasteiger partial charge in [0.25, 0.3) is 0 Å². The molecule has 20 rings (SSSR count). The first-order valence-corrected chi connectivity index (χ1v) is 43.4. The Bertz CT molecular complexity index is 6840. The second-order valence-electron chi connectivity index (χ2n) is 36.8. The van der Waals surface area contributed by atoms with Crippen LogP contribution in [0.1, 0.15) is 105 Å². The molecule has 0 saturated carbocycles. The van der Waals surface area contributed by atoms with Crippen LogP contribution < -0.4 is 19.6 Å². The number of fused-ring (bicyclic) bond motifs is 5. The molecule has 0 spiro atoms. The number of anilines is 8. The summed E-state index contributed by atoms with van der Waals surface area (Å²) in [5, 5.41) is 2.27. The zero-order chi connectivity index (χ0) is 85.9. The van der Waals surface area contributed by atoms with Crippen molar-refractivity contribution >= 4 is 67.3 Å². The van der Waals surface area contributed by atoms with Crippen LogP contribution in [0, 0.1) is 25.5 Å². The Labute approximate surface area is 756 Å². The van der Waals surface area contributed by atoms with Crippen molar-refractivity contribution in [3.8, 4) is 107 Å². The van der Waals surface area contributed by atoms with Gasteiger partial charge in [0.05, 0.1) is 11.0 Å². The van der Waals surface area contributed by atoms with Gasteiger partial charge in [-0.2, -0.15) is 48.5 Å². The average molecular weight is 1810 g/mol. The molecular formula is C117H100IrN8-4. The summed E-state index contributed by atoms with van der Waals surface area (Å²) in [7, 11) is 0. The van der Waals surface area contributed by atoms with E-state index < -0.39 is 0 Å². The van der Waals surface area contributed by atoms with Gasteiger partial charge in [0.1, 0.15) is 0 Å². The number of hydrogen-bond acceptors (Lipinski definition) is 7. The molecule has 0 fully saturated rings. The minimum Gasteiger partial charge on any atom is -0.493 e. The molecule has 2 aliphatic heterocycles. The number of benzene rings is 16. The maximum Gasteiger partial charge on any atom is 0.164 e. The Morgan fingerprint density at radius 1 is 0.230 bits per heavy atom. The Kier molecular flexibility index (Phi) is 22.4. The molecule has 4 heterocycles. The van der Waals surface area contributed by atoms with E-state index in [2.05, 4.69) is 448 Å². The maximum absolute atomic E-state index is 5.21. The predicted molar refractivity (Wildman–Crippen MR) is 525 cm³/mol. The van der Waals surface area contributed by atoms with Gasteiger partial charge in [-0.05, 0) is 184 Å². The standard InChI is InChI=1S/C98H86N6.C19H14N2.Ir/c1-95(2,3)73-51-42-64(43-52-73)86-87(65-44-53-74(54-45-65)96(4,5)6)89(67-48-57-76(58-49-67)98(10,11)12)91(90(88(86)66-46-55-75(56-47-66)97(7,8)9)70-32-26-36-78(60-70)103-63-102(77-34-20-15-21-35-77)84-40-24-25-41-85(84)103)71-50-59-83-81(62-71)80-38-22-23-39-82(80)104(83)79-37-27-33-72(61-79)94-100-92(68-28-16-13-17-29-68)99-93(101-94)69-30-18-14-19-31-69;1-3-9-16(10-4-1)20-15-21(17-11-5-2-6-12-17)19-14-8-7-13-18(19)20;/h13-35,37-63H,1-12H3;1-11,13-15H;/q2*-2;. The molecule has 0 atom stereocenters. The summed E-state index contributed by atoms with van der Waals surface area (Å²) in [5.41, 5.74) is 32.9. The van der Waals surface area contributed by atoms with Gasteiger partial charge in [-0.1, -0.05) is 338 Å². The second kappa shape index (κ2) is 34.0. The van der Waals surface area contributed by atoms with E-state index in [4.69, 9.17) is 15.0 Å². The van der Waals surface area contributed by atoms with Gasteiger partial charge in [-0.25, -0.2) is 15.0 Å². The third-order valence-electron chi connectivity index (χ3n) is 24.3. The van der Waals surface area contributed by atoms with Crippen molar-refractivity contribution in [1.29, 1.82) is 0 Å².